The van der Waals surface area contributed by atoms with Gasteiger partial charge in [0.15, 0.2) is 0 Å². The Morgan fingerprint density at radius 3 is 2.63 bits per heavy atom. The number of hydrogen-bond acceptors (Lipinski definition) is 6. The minimum absolute atomic E-state index is 0.00290. The molecule has 0 radical (unpaired) electrons. The number of benzene rings is 2. The van der Waals surface area contributed by atoms with Crippen molar-refractivity contribution in [2.45, 2.75) is 75.4 Å². The van der Waals surface area contributed by atoms with Crippen LogP contribution in [0.4, 0.5) is 18.9 Å². The van der Waals surface area contributed by atoms with Crippen LogP contribution in [0.2, 0.25) is 0 Å². The lowest BCUT2D eigenvalue weighted by atomic mass is 9.62. The Hall–Kier alpha value is -3.75. The number of aromatic nitrogens is 3. The highest BCUT2D eigenvalue weighted by Gasteiger charge is 2.51. The van der Waals surface area contributed by atoms with Gasteiger partial charge in [-0.2, -0.15) is 18.4 Å². The molecule has 1 aromatic heterocycles. The summed E-state index contributed by atoms with van der Waals surface area (Å²) in [5.74, 6) is 0.273. The molecule has 0 unspecified atom stereocenters. The normalized spacial score (nSPS) is 23.1. The van der Waals surface area contributed by atoms with E-state index in [9.17, 15) is 18.0 Å². The number of halogens is 3. The number of nitrogens with zero attached hydrogens (tertiary/aromatic N) is 5. The molecule has 2 aromatic carbocycles. The zero-order chi connectivity index (χ0) is 29.0. The Kier molecular flexibility index (Phi) is 6.66. The largest absolute Gasteiger partial charge is 0.416 e. The van der Waals surface area contributed by atoms with Crippen LogP contribution >= 0.6 is 0 Å². The highest BCUT2D eigenvalue weighted by molar-refractivity contribution is 6.10. The SMILES string of the molecule is Cn1cnnc1[C@]1(c2cccc(N3Cc4c(cc(CNC5(C)CCC5)cc4C(F)(F)F)C3=O)c2)C[C@@H](OCC#N)C1. The van der Waals surface area contributed by atoms with Crippen LogP contribution in [0.25, 0.3) is 0 Å². The van der Waals surface area contributed by atoms with E-state index in [0.29, 0.717) is 24.1 Å². The number of carbonyl (C=O) groups is 1. The van der Waals surface area contributed by atoms with Gasteiger partial charge in [-0.25, -0.2) is 0 Å². The standard InChI is InChI=1S/C30H31F3N6O2/c1-28(7-4-8-28)35-16-19-11-23-24(25(12-19)30(31,32)33)17-39(26(23)40)21-6-3-5-20(13-21)29(27-37-36-18-38(27)2)14-22(15-29)41-10-9-34/h3,5-6,11-13,18,22,35H,4,7-8,10,14-17H2,1-2H3/t22-,29-. The lowest BCUT2D eigenvalue weighted by molar-refractivity contribution is -0.138. The van der Waals surface area contributed by atoms with Crippen molar-refractivity contribution in [2.75, 3.05) is 11.5 Å². The quantitative estimate of drug-likeness (QED) is 0.413. The van der Waals surface area contributed by atoms with Gasteiger partial charge in [0.05, 0.1) is 29.7 Å². The molecule has 214 valence electrons. The lowest BCUT2D eigenvalue weighted by Crippen LogP contribution is -2.48. The fraction of sp³-hybridized carbons (Fsp3) is 0.467. The topological polar surface area (TPSA) is 96.1 Å². The van der Waals surface area contributed by atoms with Gasteiger partial charge in [0.2, 0.25) is 0 Å². The summed E-state index contributed by atoms with van der Waals surface area (Å²) in [6.45, 7) is 2.16. The van der Waals surface area contributed by atoms with Gasteiger partial charge in [-0.3, -0.25) is 4.79 Å². The third kappa shape index (κ3) is 4.79. The van der Waals surface area contributed by atoms with Crippen molar-refractivity contribution in [2.24, 2.45) is 7.05 Å². The number of fused-ring (bicyclic) bond motifs is 1. The maximum Gasteiger partial charge on any atom is 0.416 e. The third-order valence-electron chi connectivity index (χ3n) is 8.97. The molecule has 0 atom stereocenters. The summed E-state index contributed by atoms with van der Waals surface area (Å²) in [4.78, 5) is 15.1. The summed E-state index contributed by atoms with van der Waals surface area (Å²) in [6, 6.07) is 12.1. The molecule has 1 amide bonds. The van der Waals surface area contributed by atoms with Gasteiger partial charge in [0.1, 0.15) is 18.8 Å². The lowest BCUT2D eigenvalue weighted by Gasteiger charge is -2.46. The molecule has 0 saturated heterocycles. The molecule has 2 fully saturated rings. The number of ether oxygens (including phenoxy) is 1. The molecule has 1 aliphatic heterocycles. The average molecular weight is 565 g/mol. The highest BCUT2D eigenvalue weighted by Crippen LogP contribution is 2.50. The number of nitrogens with one attached hydrogen (secondary N) is 1. The second-order valence-corrected chi connectivity index (χ2v) is 11.7. The molecule has 8 nitrogen and oxygen atoms in total. The van der Waals surface area contributed by atoms with Gasteiger partial charge in [-0.15, -0.1) is 10.2 Å². The molecule has 41 heavy (non-hydrogen) atoms. The van der Waals surface area contributed by atoms with Crippen molar-refractivity contribution < 1.29 is 22.7 Å². The zero-order valence-electron chi connectivity index (χ0n) is 23.0. The summed E-state index contributed by atoms with van der Waals surface area (Å²) < 4.78 is 50.2. The summed E-state index contributed by atoms with van der Waals surface area (Å²) in [5, 5.41) is 20.7. The van der Waals surface area contributed by atoms with Gasteiger partial charge in [0.25, 0.3) is 5.91 Å². The van der Waals surface area contributed by atoms with Gasteiger partial charge in [0, 0.05) is 30.4 Å². The number of amides is 1. The van der Waals surface area contributed by atoms with E-state index in [-0.39, 0.29) is 42.5 Å². The molecule has 1 N–H and O–H groups in total. The van der Waals surface area contributed by atoms with E-state index in [2.05, 4.69) is 22.4 Å². The van der Waals surface area contributed by atoms with Crippen LogP contribution in [0.15, 0.2) is 42.7 Å². The van der Waals surface area contributed by atoms with Crippen LogP contribution < -0.4 is 10.2 Å². The second kappa shape index (κ2) is 9.96. The van der Waals surface area contributed by atoms with Crippen molar-refractivity contribution in [1.29, 1.82) is 5.26 Å². The molecule has 0 spiro atoms. The zero-order valence-corrected chi connectivity index (χ0v) is 23.0. The van der Waals surface area contributed by atoms with Gasteiger partial charge in [-0.1, -0.05) is 12.1 Å². The number of alkyl halides is 3. The van der Waals surface area contributed by atoms with Crippen LogP contribution in [-0.4, -0.2) is 38.9 Å². The van der Waals surface area contributed by atoms with Crippen molar-refractivity contribution in [3.63, 3.8) is 0 Å². The van der Waals surface area contributed by atoms with Crippen LogP contribution in [-0.2, 0) is 36.5 Å². The molecule has 11 heteroatoms. The van der Waals surface area contributed by atoms with E-state index < -0.39 is 23.1 Å². The maximum absolute atomic E-state index is 14.2. The first kappa shape index (κ1) is 27.4. The van der Waals surface area contributed by atoms with Crippen LogP contribution in [0.5, 0.6) is 0 Å². The van der Waals surface area contributed by atoms with Crippen molar-refractivity contribution in [3.8, 4) is 6.07 Å². The van der Waals surface area contributed by atoms with Crippen LogP contribution in [0.1, 0.15) is 77.5 Å². The van der Waals surface area contributed by atoms with Crippen LogP contribution in [0, 0.1) is 11.3 Å². The Labute approximate surface area is 236 Å². The van der Waals surface area contributed by atoms with E-state index in [4.69, 9.17) is 10.00 Å². The molecule has 3 aliphatic rings. The van der Waals surface area contributed by atoms with Gasteiger partial charge < -0.3 is 19.5 Å². The first-order valence-electron chi connectivity index (χ1n) is 13.8. The Morgan fingerprint density at radius 2 is 2.00 bits per heavy atom. The first-order valence-corrected chi connectivity index (χ1v) is 13.8. The Bertz CT molecular complexity index is 1530. The van der Waals surface area contributed by atoms with Crippen LogP contribution in [0.3, 0.4) is 0 Å². The minimum Gasteiger partial charge on any atom is -0.363 e. The fourth-order valence-corrected chi connectivity index (χ4v) is 6.46. The number of nitriles is 1. The van der Waals surface area contributed by atoms with E-state index in [0.717, 1.165) is 30.7 Å². The van der Waals surface area contributed by atoms with E-state index in [1.165, 1.54) is 11.0 Å². The van der Waals surface area contributed by atoms with Gasteiger partial charge in [-0.05, 0) is 80.0 Å². The molecule has 6 rings (SSSR count). The third-order valence-corrected chi connectivity index (χ3v) is 8.97. The second-order valence-electron chi connectivity index (χ2n) is 11.7. The molecule has 2 saturated carbocycles. The first-order chi connectivity index (χ1) is 19.5. The summed E-state index contributed by atoms with van der Waals surface area (Å²) >= 11 is 0. The summed E-state index contributed by atoms with van der Waals surface area (Å²) in [5.41, 5.74) is 0.525. The fourth-order valence-electron chi connectivity index (χ4n) is 6.46. The molecule has 2 heterocycles. The average Bonchev–Trinajstić information content (AvgIpc) is 3.48. The Morgan fingerprint density at radius 1 is 1.22 bits per heavy atom. The van der Waals surface area contributed by atoms with Crippen molar-refractivity contribution in [3.05, 3.63) is 76.4 Å². The molecule has 2 aliphatic carbocycles. The number of anilines is 1. The highest BCUT2D eigenvalue weighted by atomic mass is 19.4. The Balaban J connectivity index is 1.32. The number of aryl methyl sites for hydroxylation is 1. The molecule has 0 bridgehead atoms. The van der Waals surface area contributed by atoms with E-state index in [1.54, 1.807) is 18.5 Å². The minimum atomic E-state index is -4.59. The monoisotopic (exact) mass is 564 g/mol. The molecular weight excluding hydrogens is 533 g/mol. The van der Waals surface area contributed by atoms with E-state index in [1.807, 2.05) is 35.9 Å². The number of hydrogen-bond donors (Lipinski definition) is 1. The smallest absolute Gasteiger partial charge is 0.363 e. The number of rotatable bonds is 8. The van der Waals surface area contributed by atoms with Gasteiger partial charge >= 0.3 is 6.18 Å². The predicted octanol–water partition coefficient (Wildman–Crippen LogP) is 5.02. The van der Waals surface area contributed by atoms with Crippen molar-refractivity contribution >= 4 is 11.6 Å². The summed E-state index contributed by atoms with van der Waals surface area (Å²) in [7, 11) is 1.85. The maximum atomic E-state index is 14.2. The van der Waals surface area contributed by atoms with Crippen molar-refractivity contribution in [1.82, 2.24) is 20.1 Å². The molecule has 3 aromatic rings. The summed E-state index contributed by atoms with van der Waals surface area (Å²) in [6.07, 6.45) is 1.07. The molecular formula is C30H31F3N6O2. The van der Waals surface area contributed by atoms with E-state index >= 15 is 0 Å². The predicted molar refractivity (Wildman–Crippen MR) is 144 cm³/mol. The number of carbonyl (C=O) groups excluding carboxylic acids is 1.